The number of hydrogen-bond acceptors (Lipinski definition) is 2. The summed E-state index contributed by atoms with van der Waals surface area (Å²) in [6.45, 7) is 6.09. The zero-order valence-corrected chi connectivity index (χ0v) is 16.2. The fraction of sp³-hybridized carbons (Fsp3) is 1.00. The topological polar surface area (TPSA) is 18.5 Å². The van der Waals surface area contributed by atoms with Gasteiger partial charge < -0.3 is 9.47 Å². The van der Waals surface area contributed by atoms with Crippen molar-refractivity contribution < 1.29 is 9.47 Å². The van der Waals surface area contributed by atoms with Gasteiger partial charge in [-0.25, -0.2) is 0 Å². The molecule has 1 saturated heterocycles. The molecule has 24 heavy (non-hydrogen) atoms. The summed E-state index contributed by atoms with van der Waals surface area (Å²) in [7, 11) is 0. The van der Waals surface area contributed by atoms with Gasteiger partial charge in [0.15, 0.2) is 0 Å². The third-order valence-corrected chi connectivity index (χ3v) is 7.27. The second kappa shape index (κ2) is 9.57. The van der Waals surface area contributed by atoms with Crippen molar-refractivity contribution in [1.29, 1.82) is 0 Å². The van der Waals surface area contributed by atoms with Crippen LogP contribution < -0.4 is 0 Å². The number of rotatable bonds is 6. The summed E-state index contributed by atoms with van der Waals surface area (Å²) in [5.74, 6) is 3.97. The molecular weight excluding hydrogens is 296 g/mol. The summed E-state index contributed by atoms with van der Waals surface area (Å²) in [5.41, 5.74) is 0. The van der Waals surface area contributed by atoms with Gasteiger partial charge in [-0.05, 0) is 82.0 Å². The molecule has 1 heterocycles. The molecule has 1 aliphatic heterocycles. The van der Waals surface area contributed by atoms with E-state index < -0.39 is 0 Å². The molecule has 0 radical (unpaired) electrons. The van der Waals surface area contributed by atoms with E-state index in [-0.39, 0.29) is 0 Å². The van der Waals surface area contributed by atoms with Crippen molar-refractivity contribution in [2.24, 2.45) is 23.7 Å². The van der Waals surface area contributed by atoms with Gasteiger partial charge in [0.2, 0.25) is 0 Å². The van der Waals surface area contributed by atoms with E-state index in [4.69, 9.17) is 9.47 Å². The van der Waals surface area contributed by atoms with E-state index in [0.717, 1.165) is 36.9 Å². The van der Waals surface area contributed by atoms with Crippen LogP contribution in [-0.2, 0) is 9.47 Å². The largest absolute Gasteiger partial charge is 0.376 e. The standard InChI is InChI=1S/C22H40O2/c1-3-5-17-6-8-18(9-7-17)19-10-12-20(13-11-19)22-15-14-21(16-24-22)23-4-2/h17-22H,3-16H2,1-2H3. The van der Waals surface area contributed by atoms with Crippen molar-refractivity contribution in [3.05, 3.63) is 0 Å². The molecule has 0 spiro atoms. The Bertz CT molecular complexity index is 298. The molecule has 0 N–H and O–H groups in total. The van der Waals surface area contributed by atoms with E-state index >= 15 is 0 Å². The summed E-state index contributed by atoms with van der Waals surface area (Å²) < 4.78 is 11.9. The normalized spacial score (nSPS) is 41.2. The third kappa shape index (κ3) is 4.97. The fourth-order valence-corrected chi connectivity index (χ4v) is 5.83. The summed E-state index contributed by atoms with van der Waals surface area (Å²) in [6, 6.07) is 0. The van der Waals surface area contributed by atoms with E-state index in [2.05, 4.69) is 13.8 Å². The predicted molar refractivity (Wildman–Crippen MR) is 100 cm³/mol. The van der Waals surface area contributed by atoms with Crippen molar-refractivity contribution in [3.8, 4) is 0 Å². The summed E-state index contributed by atoms with van der Waals surface area (Å²) >= 11 is 0. The second-order valence-corrected chi connectivity index (χ2v) is 8.77. The van der Waals surface area contributed by atoms with Gasteiger partial charge in [-0.3, -0.25) is 0 Å². The van der Waals surface area contributed by atoms with Gasteiger partial charge in [-0.2, -0.15) is 0 Å². The SMILES string of the molecule is CCCC1CCC(C2CCC(C3CCC(OCC)CO3)CC2)CC1. The second-order valence-electron chi connectivity index (χ2n) is 8.77. The molecule has 2 unspecified atom stereocenters. The van der Waals surface area contributed by atoms with Gasteiger partial charge in [-0.1, -0.05) is 32.6 Å². The molecule has 2 nitrogen and oxygen atoms in total. The van der Waals surface area contributed by atoms with Crippen molar-refractivity contribution in [1.82, 2.24) is 0 Å². The maximum atomic E-state index is 6.18. The van der Waals surface area contributed by atoms with Crippen LogP contribution in [-0.4, -0.2) is 25.4 Å². The zero-order chi connectivity index (χ0) is 16.8. The molecule has 3 aliphatic rings. The lowest BCUT2D eigenvalue weighted by Gasteiger charge is -2.41. The molecule has 0 aromatic heterocycles. The highest BCUT2D eigenvalue weighted by molar-refractivity contribution is 4.85. The van der Waals surface area contributed by atoms with Crippen LogP contribution in [0.5, 0.6) is 0 Å². The molecule has 140 valence electrons. The van der Waals surface area contributed by atoms with Crippen LogP contribution >= 0.6 is 0 Å². The number of ether oxygens (including phenoxy) is 2. The van der Waals surface area contributed by atoms with Crippen molar-refractivity contribution >= 4 is 0 Å². The maximum absolute atomic E-state index is 6.18. The third-order valence-electron chi connectivity index (χ3n) is 7.27. The van der Waals surface area contributed by atoms with E-state index in [9.17, 15) is 0 Å². The van der Waals surface area contributed by atoms with Gasteiger partial charge in [0.1, 0.15) is 0 Å². The molecule has 0 amide bonds. The Balaban J connectivity index is 1.36. The van der Waals surface area contributed by atoms with E-state index in [1.807, 2.05) is 0 Å². The lowest BCUT2D eigenvalue weighted by Crippen LogP contribution is -2.38. The average molecular weight is 337 g/mol. The molecule has 0 aromatic rings. The number of hydrogen-bond donors (Lipinski definition) is 0. The van der Waals surface area contributed by atoms with Gasteiger partial charge in [0, 0.05) is 6.61 Å². The molecule has 0 aromatic carbocycles. The lowest BCUT2D eigenvalue weighted by atomic mass is 9.68. The maximum Gasteiger partial charge on any atom is 0.0809 e. The first-order valence-electron chi connectivity index (χ1n) is 11.0. The van der Waals surface area contributed by atoms with Crippen LogP contribution in [0.2, 0.25) is 0 Å². The first kappa shape index (κ1) is 18.7. The van der Waals surface area contributed by atoms with Crippen molar-refractivity contribution in [2.75, 3.05) is 13.2 Å². The van der Waals surface area contributed by atoms with E-state index in [0.29, 0.717) is 12.2 Å². The first-order chi connectivity index (χ1) is 11.8. The van der Waals surface area contributed by atoms with Gasteiger partial charge in [0.25, 0.3) is 0 Å². The van der Waals surface area contributed by atoms with Gasteiger partial charge >= 0.3 is 0 Å². The Kier molecular flexibility index (Phi) is 7.46. The molecule has 3 rings (SSSR count). The van der Waals surface area contributed by atoms with Crippen LogP contribution in [0.4, 0.5) is 0 Å². The first-order valence-corrected chi connectivity index (χ1v) is 11.0. The van der Waals surface area contributed by atoms with E-state index in [1.54, 1.807) is 0 Å². The minimum atomic E-state index is 0.362. The molecule has 2 atom stereocenters. The smallest absolute Gasteiger partial charge is 0.0809 e. The average Bonchev–Trinajstić information content (AvgIpc) is 2.64. The van der Waals surface area contributed by atoms with Crippen LogP contribution in [0.1, 0.15) is 90.9 Å². The lowest BCUT2D eigenvalue weighted by molar-refractivity contribution is -0.107. The molecule has 2 aliphatic carbocycles. The molecule has 0 bridgehead atoms. The Morgan fingerprint density at radius 2 is 1.38 bits per heavy atom. The predicted octanol–water partition coefficient (Wildman–Crippen LogP) is 5.98. The van der Waals surface area contributed by atoms with Crippen molar-refractivity contribution in [3.63, 3.8) is 0 Å². The van der Waals surface area contributed by atoms with Crippen molar-refractivity contribution in [2.45, 2.75) is 103 Å². The Morgan fingerprint density at radius 1 is 0.750 bits per heavy atom. The highest BCUT2D eigenvalue weighted by Crippen LogP contribution is 2.43. The van der Waals surface area contributed by atoms with Gasteiger partial charge in [-0.15, -0.1) is 0 Å². The van der Waals surface area contributed by atoms with Crippen LogP contribution in [0, 0.1) is 23.7 Å². The Hall–Kier alpha value is -0.0800. The highest BCUT2D eigenvalue weighted by atomic mass is 16.5. The fourth-order valence-electron chi connectivity index (χ4n) is 5.83. The van der Waals surface area contributed by atoms with E-state index in [1.165, 1.54) is 77.0 Å². The molecular formula is C22H40O2. The quantitative estimate of drug-likeness (QED) is 0.593. The Morgan fingerprint density at radius 3 is 1.92 bits per heavy atom. The summed E-state index contributed by atoms with van der Waals surface area (Å²) in [4.78, 5) is 0. The minimum Gasteiger partial charge on any atom is -0.376 e. The van der Waals surface area contributed by atoms with Crippen LogP contribution in [0.3, 0.4) is 0 Å². The monoisotopic (exact) mass is 336 g/mol. The Labute approximate surface area is 150 Å². The zero-order valence-electron chi connectivity index (χ0n) is 16.2. The summed E-state index contributed by atoms with van der Waals surface area (Å²) in [6.07, 6.45) is 18.1. The van der Waals surface area contributed by atoms with Crippen LogP contribution in [0.15, 0.2) is 0 Å². The van der Waals surface area contributed by atoms with Gasteiger partial charge in [0.05, 0.1) is 18.8 Å². The minimum absolute atomic E-state index is 0.362. The van der Waals surface area contributed by atoms with Crippen LogP contribution in [0.25, 0.3) is 0 Å². The summed E-state index contributed by atoms with van der Waals surface area (Å²) in [5, 5.41) is 0. The molecule has 2 heteroatoms. The molecule has 2 saturated carbocycles. The molecule has 3 fully saturated rings. The highest BCUT2D eigenvalue weighted by Gasteiger charge is 2.35.